The first kappa shape index (κ1) is 23.6. The summed E-state index contributed by atoms with van der Waals surface area (Å²) in [7, 11) is 1.68. The van der Waals surface area contributed by atoms with Crippen LogP contribution in [-0.2, 0) is 12.6 Å². The maximum Gasteiger partial charge on any atom is 0.283 e. The van der Waals surface area contributed by atoms with Gasteiger partial charge < -0.3 is 23.2 Å². The molecular formula is C28H27N3O5. The highest BCUT2D eigenvalue weighted by atomic mass is 16.5. The topological polar surface area (TPSA) is 104 Å². The number of aromatic nitrogens is 3. The highest BCUT2D eigenvalue weighted by Gasteiger charge is 2.24. The lowest BCUT2D eigenvalue weighted by Gasteiger charge is -2.21. The fourth-order valence-corrected chi connectivity index (χ4v) is 4.22. The molecule has 36 heavy (non-hydrogen) atoms. The molecule has 0 saturated heterocycles. The van der Waals surface area contributed by atoms with E-state index in [1.165, 1.54) is 4.57 Å². The highest BCUT2D eigenvalue weighted by molar-refractivity contribution is 5.95. The fraction of sp³-hybridized carbons (Fsp3) is 0.250. The second-order valence-corrected chi connectivity index (χ2v) is 9.53. The normalized spacial score (nSPS) is 11.9. The second-order valence-electron chi connectivity index (χ2n) is 9.53. The number of nitrogens with zero attached hydrogens (tertiary/aromatic N) is 3. The molecule has 0 spiro atoms. The van der Waals surface area contributed by atoms with E-state index in [9.17, 15) is 9.90 Å². The molecule has 0 bridgehead atoms. The summed E-state index contributed by atoms with van der Waals surface area (Å²) in [6.45, 7) is 9.10. The third kappa shape index (κ3) is 4.09. The van der Waals surface area contributed by atoms with Crippen molar-refractivity contribution in [2.24, 2.45) is 7.05 Å². The van der Waals surface area contributed by atoms with E-state index in [0.717, 1.165) is 16.9 Å². The largest absolute Gasteiger partial charge is 0.456 e. The van der Waals surface area contributed by atoms with Crippen molar-refractivity contribution in [3.63, 3.8) is 0 Å². The number of fused-ring (bicyclic) bond motifs is 1. The van der Waals surface area contributed by atoms with Gasteiger partial charge in [0.25, 0.3) is 11.4 Å². The van der Waals surface area contributed by atoms with E-state index in [4.69, 9.17) is 13.6 Å². The van der Waals surface area contributed by atoms with E-state index in [-0.39, 0.29) is 11.4 Å². The first-order valence-electron chi connectivity index (χ1n) is 11.6. The quantitative estimate of drug-likeness (QED) is 0.336. The van der Waals surface area contributed by atoms with Gasteiger partial charge in [-0.05, 0) is 56.5 Å². The lowest BCUT2D eigenvalue weighted by molar-refractivity contribution is 0.0786. The average Bonchev–Trinajstić information content (AvgIpc) is 3.45. The number of pyridine rings is 1. The van der Waals surface area contributed by atoms with Crippen LogP contribution in [0.3, 0.4) is 0 Å². The Morgan fingerprint density at radius 3 is 2.33 bits per heavy atom. The van der Waals surface area contributed by atoms with E-state index < -0.39 is 5.60 Å². The molecule has 1 N–H and O–H groups in total. The third-order valence-corrected chi connectivity index (χ3v) is 6.18. The lowest BCUT2D eigenvalue weighted by atomic mass is 9.93. The van der Waals surface area contributed by atoms with E-state index in [2.05, 4.69) is 10.2 Å². The summed E-state index contributed by atoms with van der Waals surface area (Å²) in [6.07, 6.45) is 1.71. The Bertz CT molecular complexity index is 1650. The molecule has 2 aromatic carbocycles. The van der Waals surface area contributed by atoms with Crippen LogP contribution in [0.2, 0.25) is 0 Å². The molecule has 0 aliphatic rings. The maximum absolute atomic E-state index is 13.0. The Kier molecular flexibility index (Phi) is 5.56. The molecule has 0 aliphatic heterocycles. The SMILES string of the molecule is Cc1nnc(-c2cc3c(=O)n(C)cc(-c4cc(C(C)(C)O)ccc4Oc4c(C)cccc4C)c3o2)o1. The number of ether oxygens (including phenoxy) is 1. The fourth-order valence-electron chi connectivity index (χ4n) is 4.22. The van der Waals surface area contributed by atoms with Crippen molar-refractivity contribution in [1.82, 2.24) is 14.8 Å². The summed E-state index contributed by atoms with van der Waals surface area (Å²) < 4.78 is 19.6. The molecule has 5 rings (SSSR count). The van der Waals surface area contributed by atoms with Gasteiger partial charge in [-0.2, -0.15) is 0 Å². The van der Waals surface area contributed by atoms with Gasteiger partial charge in [0.15, 0.2) is 5.76 Å². The minimum atomic E-state index is -1.10. The Hall–Kier alpha value is -4.17. The number of rotatable bonds is 5. The molecule has 0 unspecified atom stereocenters. The molecule has 0 radical (unpaired) electrons. The van der Waals surface area contributed by atoms with Crippen molar-refractivity contribution in [2.75, 3.05) is 0 Å². The van der Waals surface area contributed by atoms with Crippen molar-refractivity contribution in [1.29, 1.82) is 0 Å². The molecule has 0 fully saturated rings. The molecule has 0 aliphatic carbocycles. The molecule has 0 amide bonds. The van der Waals surface area contributed by atoms with E-state index >= 15 is 0 Å². The zero-order chi connectivity index (χ0) is 25.8. The molecule has 3 heterocycles. The zero-order valence-electron chi connectivity index (χ0n) is 21.0. The number of hydrogen-bond acceptors (Lipinski definition) is 7. The number of furan rings is 1. The van der Waals surface area contributed by atoms with Gasteiger partial charge in [0, 0.05) is 37.4 Å². The van der Waals surface area contributed by atoms with Crippen molar-refractivity contribution in [2.45, 2.75) is 40.2 Å². The van der Waals surface area contributed by atoms with Crippen LogP contribution in [0.15, 0.2) is 62.3 Å². The highest BCUT2D eigenvalue weighted by Crippen LogP contribution is 2.41. The van der Waals surface area contributed by atoms with Crippen LogP contribution in [0.5, 0.6) is 11.5 Å². The van der Waals surface area contributed by atoms with Gasteiger partial charge in [-0.15, -0.1) is 10.2 Å². The van der Waals surface area contributed by atoms with Crippen LogP contribution in [0.25, 0.3) is 33.7 Å². The van der Waals surface area contributed by atoms with Crippen molar-refractivity contribution in [3.05, 3.63) is 81.6 Å². The smallest absolute Gasteiger partial charge is 0.283 e. The molecule has 0 saturated carbocycles. The molecule has 184 valence electrons. The molecule has 5 aromatic rings. The molecule has 3 aromatic heterocycles. The third-order valence-electron chi connectivity index (χ3n) is 6.18. The summed E-state index contributed by atoms with van der Waals surface area (Å²) in [5.41, 5.74) is 3.01. The van der Waals surface area contributed by atoms with Crippen molar-refractivity contribution in [3.8, 4) is 34.3 Å². The monoisotopic (exact) mass is 485 g/mol. The first-order chi connectivity index (χ1) is 17.0. The minimum Gasteiger partial charge on any atom is -0.456 e. The van der Waals surface area contributed by atoms with Crippen LogP contribution in [0.4, 0.5) is 0 Å². The number of aliphatic hydroxyl groups is 1. The van der Waals surface area contributed by atoms with Crippen LogP contribution in [0, 0.1) is 20.8 Å². The molecule has 8 heteroatoms. The maximum atomic E-state index is 13.0. The van der Waals surface area contributed by atoms with Crippen molar-refractivity contribution >= 4 is 11.0 Å². The van der Waals surface area contributed by atoms with Gasteiger partial charge in [-0.1, -0.05) is 24.3 Å². The molecule has 8 nitrogen and oxygen atoms in total. The zero-order valence-corrected chi connectivity index (χ0v) is 21.0. The minimum absolute atomic E-state index is 0.189. The summed E-state index contributed by atoms with van der Waals surface area (Å²) in [5, 5.41) is 19.0. The number of para-hydroxylation sites is 1. The van der Waals surface area contributed by atoms with E-state index in [0.29, 0.717) is 45.1 Å². The van der Waals surface area contributed by atoms with Gasteiger partial charge >= 0.3 is 0 Å². The summed E-state index contributed by atoms with van der Waals surface area (Å²) in [5.74, 6) is 2.19. The lowest BCUT2D eigenvalue weighted by Crippen LogP contribution is -2.17. The predicted molar refractivity (Wildman–Crippen MR) is 136 cm³/mol. The van der Waals surface area contributed by atoms with E-state index in [1.54, 1.807) is 40.1 Å². The van der Waals surface area contributed by atoms with Gasteiger partial charge in [0.2, 0.25) is 5.89 Å². The average molecular weight is 486 g/mol. The van der Waals surface area contributed by atoms with Crippen LogP contribution in [0.1, 0.15) is 36.4 Å². The van der Waals surface area contributed by atoms with Gasteiger partial charge in [0.05, 0.1) is 11.0 Å². The number of benzene rings is 2. The summed E-state index contributed by atoms with van der Waals surface area (Å²) >= 11 is 0. The van der Waals surface area contributed by atoms with Gasteiger partial charge in [0.1, 0.15) is 17.1 Å². The first-order valence-corrected chi connectivity index (χ1v) is 11.6. The Morgan fingerprint density at radius 2 is 1.69 bits per heavy atom. The summed E-state index contributed by atoms with van der Waals surface area (Å²) in [4.78, 5) is 13.0. The molecular weight excluding hydrogens is 458 g/mol. The molecule has 0 atom stereocenters. The van der Waals surface area contributed by atoms with Crippen LogP contribution in [-0.4, -0.2) is 19.9 Å². The second kappa shape index (κ2) is 8.49. The van der Waals surface area contributed by atoms with Gasteiger partial charge in [-0.3, -0.25) is 4.79 Å². The Morgan fingerprint density at radius 1 is 0.972 bits per heavy atom. The van der Waals surface area contributed by atoms with Crippen LogP contribution < -0.4 is 10.3 Å². The number of aryl methyl sites for hydroxylation is 4. The van der Waals surface area contributed by atoms with Crippen LogP contribution >= 0.6 is 0 Å². The van der Waals surface area contributed by atoms with E-state index in [1.807, 2.05) is 50.2 Å². The van der Waals surface area contributed by atoms with Gasteiger partial charge in [-0.25, -0.2) is 0 Å². The van der Waals surface area contributed by atoms with Crippen molar-refractivity contribution < 1.29 is 18.7 Å². The Balaban J connectivity index is 1.78. The standard InChI is InChI=1S/C28H27N3O5/c1-15-8-7-9-16(2)24(15)35-22-11-10-18(28(4,5)33)12-19(22)21-14-31(6)27(32)20-13-23(36-25(20)21)26-30-29-17(3)34-26/h7-14,33H,1-6H3. The summed E-state index contributed by atoms with van der Waals surface area (Å²) in [6, 6.07) is 13.1. The Labute approximate surface area is 207 Å². The predicted octanol–water partition coefficient (Wildman–Crippen LogP) is 5.79. The number of hydrogen-bond donors (Lipinski definition) is 1.